The van der Waals surface area contributed by atoms with Gasteiger partial charge in [0.05, 0.1) is 21.2 Å². The third kappa shape index (κ3) is 3.89. The van der Waals surface area contributed by atoms with E-state index in [1.165, 1.54) is 23.9 Å². The topological polar surface area (TPSA) is 121 Å². The molecule has 0 radical (unpaired) electrons. The van der Waals surface area contributed by atoms with Crippen molar-refractivity contribution in [3.05, 3.63) is 63.1 Å². The van der Waals surface area contributed by atoms with Crippen molar-refractivity contribution in [2.45, 2.75) is 17.1 Å². The van der Waals surface area contributed by atoms with Crippen molar-refractivity contribution < 1.29 is 9.72 Å². The van der Waals surface area contributed by atoms with E-state index in [1.807, 2.05) is 0 Å². The molecule has 0 aliphatic rings. The third-order valence-corrected chi connectivity index (χ3v) is 4.63. The highest BCUT2D eigenvalue weighted by molar-refractivity contribution is 8.00. The van der Waals surface area contributed by atoms with Gasteiger partial charge in [0.25, 0.3) is 5.69 Å². The van der Waals surface area contributed by atoms with Crippen LogP contribution in [0.25, 0.3) is 11.0 Å². The smallest absolute Gasteiger partial charge is 0.323 e. The molecule has 9 heteroatoms. The molecule has 0 aliphatic heterocycles. The van der Waals surface area contributed by atoms with Gasteiger partial charge in [-0.15, -0.1) is 11.8 Å². The molecule has 0 fully saturated rings. The number of carbonyl (C=O) groups excluding carboxylic acids is 1. The molecule has 0 aliphatic carbocycles. The Labute approximate surface area is 145 Å². The van der Waals surface area contributed by atoms with Crippen LogP contribution in [0.3, 0.4) is 0 Å². The Kier molecular flexibility index (Phi) is 4.57. The number of benzene rings is 2. The molecule has 3 N–H and O–H groups in total. The fraction of sp³-hybridized carbons (Fsp3) is 0.125. The number of aromatic amines is 2. The maximum atomic E-state index is 12.3. The van der Waals surface area contributed by atoms with Gasteiger partial charge < -0.3 is 15.3 Å². The lowest BCUT2D eigenvalue weighted by Gasteiger charge is -2.12. The van der Waals surface area contributed by atoms with E-state index in [9.17, 15) is 19.7 Å². The van der Waals surface area contributed by atoms with E-state index in [-0.39, 0.29) is 17.3 Å². The molecule has 8 nitrogen and oxygen atoms in total. The minimum absolute atomic E-state index is 0.00949. The number of carbonyl (C=O) groups is 1. The van der Waals surface area contributed by atoms with Crippen molar-refractivity contribution in [3.63, 3.8) is 0 Å². The van der Waals surface area contributed by atoms with Crippen LogP contribution in [-0.4, -0.2) is 26.0 Å². The van der Waals surface area contributed by atoms with E-state index in [2.05, 4.69) is 15.3 Å². The van der Waals surface area contributed by atoms with Crippen molar-refractivity contribution in [1.82, 2.24) is 9.97 Å². The molecule has 25 heavy (non-hydrogen) atoms. The molecule has 0 spiro atoms. The fourth-order valence-electron chi connectivity index (χ4n) is 2.26. The first-order chi connectivity index (χ1) is 11.9. The maximum absolute atomic E-state index is 12.3. The van der Waals surface area contributed by atoms with Gasteiger partial charge in [0.1, 0.15) is 0 Å². The highest BCUT2D eigenvalue weighted by atomic mass is 32.2. The second kappa shape index (κ2) is 6.81. The summed E-state index contributed by atoms with van der Waals surface area (Å²) in [5.41, 5.74) is 1.55. The first kappa shape index (κ1) is 16.8. The fourth-order valence-corrected chi connectivity index (χ4v) is 3.13. The Morgan fingerprint density at radius 3 is 2.52 bits per heavy atom. The van der Waals surface area contributed by atoms with Gasteiger partial charge in [-0.05, 0) is 37.3 Å². The Morgan fingerprint density at radius 2 is 1.84 bits per heavy atom. The lowest BCUT2D eigenvalue weighted by molar-refractivity contribution is -0.384. The summed E-state index contributed by atoms with van der Waals surface area (Å²) < 4.78 is 0. The average molecular weight is 358 g/mol. The van der Waals surface area contributed by atoms with Gasteiger partial charge in [0, 0.05) is 22.7 Å². The van der Waals surface area contributed by atoms with Crippen molar-refractivity contribution in [3.8, 4) is 0 Å². The zero-order valence-electron chi connectivity index (χ0n) is 13.1. The molecular weight excluding hydrogens is 344 g/mol. The van der Waals surface area contributed by atoms with Gasteiger partial charge >= 0.3 is 5.69 Å². The number of hydrogen-bond acceptors (Lipinski definition) is 5. The van der Waals surface area contributed by atoms with Crippen LogP contribution in [0.1, 0.15) is 6.92 Å². The molecule has 3 aromatic rings. The zero-order valence-corrected chi connectivity index (χ0v) is 13.9. The molecule has 0 bridgehead atoms. The SMILES string of the molecule is C[C@@H](Sc1ccc([N+](=O)[O-])cc1)C(=O)Nc1ccc2[nH]c(=O)[nH]c2c1. The lowest BCUT2D eigenvalue weighted by atomic mass is 10.2. The summed E-state index contributed by atoms with van der Waals surface area (Å²) in [6.45, 7) is 1.75. The van der Waals surface area contributed by atoms with E-state index in [0.29, 0.717) is 16.7 Å². The van der Waals surface area contributed by atoms with E-state index in [0.717, 1.165) is 4.90 Å². The number of thioether (sulfide) groups is 1. The number of aromatic nitrogens is 2. The van der Waals surface area contributed by atoms with Crippen LogP contribution in [0.5, 0.6) is 0 Å². The number of anilines is 1. The second-order valence-corrected chi connectivity index (χ2v) is 6.75. The van der Waals surface area contributed by atoms with Gasteiger partial charge in [-0.1, -0.05) is 0 Å². The normalized spacial score (nSPS) is 12.0. The summed E-state index contributed by atoms with van der Waals surface area (Å²) in [7, 11) is 0. The summed E-state index contributed by atoms with van der Waals surface area (Å²) in [5.74, 6) is -0.208. The molecule has 1 atom stereocenters. The summed E-state index contributed by atoms with van der Waals surface area (Å²) in [6, 6.07) is 11.1. The Bertz CT molecular complexity index is 993. The summed E-state index contributed by atoms with van der Waals surface area (Å²) in [4.78, 5) is 39.8. The molecule has 1 aromatic heterocycles. The van der Waals surface area contributed by atoms with Crippen molar-refractivity contribution in [1.29, 1.82) is 0 Å². The number of imidazole rings is 1. The number of hydrogen-bond donors (Lipinski definition) is 3. The highest BCUT2D eigenvalue weighted by Gasteiger charge is 2.15. The molecule has 128 valence electrons. The van der Waals surface area contributed by atoms with E-state index >= 15 is 0 Å². The standard InChI is InChI=1S/C16H14N4O4S/c1-9(25-12-5-3-11(4-6-12)20(23)24)15(21)17-10-2-7-13-14(8-10)19-16(22)18-13/h2-9H,1H3,(H,17,21)(H2,18,19,22)/t9-/m1/s1. The average Bonchev–Trinajstić information content (AvgIpc) is 2.94. The van der Waals surface area contributed by atoms with Gasteiger partial charge in [0.15, 0.2) is 0 Å². The number of nitro groups is 1. The predicted molar refractivity (Wildman–Crippen MR) is 96.0 cm³/mol. The summed E-state index contributed by atoms with van der Waals surface area (Å²) in [5, 5.41) is 13.0. The second-order valence-electron chi connectivity index (χ2n) is 5.34. The third-order valence-electron chi connectivity index (χ3n) is 3.51. The predicted octanol–water partition coefficient (Wildman–Crippen LogP) is 2.88. The number of rotatable bonds is 5. The monoisotopic (exact) mass is 358 g/mol. The van der Waals surface area contributed by atoms with Crippen molar-refractivity contribution >= 4 is 40.1 Å². The summed E-state index contributed by atoms with van der Waals surface area (Å²) >= 11 is 1.30. The van der Waals surface area contributed by atoms with Crippen LogP contribution in [0.4, 0.5) is 11.4 Å². The molecule has 0 saturated heterocycles. The van der Waals surface area contributed by atoms with Crippen molar-refractivity contribution in [2.75, 3.05) is 5.32 Å². The largest absolute Gasteiger partial charge is 0.325 e. The first-order valence-corrected chi connectivity index (χ1v) is 8.24. The molecular formula is C16H14N4O4S. The van der Waals surface area contributed by atoms with Crippen LogP contribution in [-0.2, 0) is 4.79 Å². The Morgan fingerprint density at radius 1 is 1.16 bits per heavy atom. The van der Waals surface area contributed by atoms with E-state index in [4.69, 9.17) is 0 Å². The van der Waals surface area contributed by atoms with Gasteiger partial charge in [-0.2, -0.15) is 0 Å². The van der Waals surface area contributed by atoms with Gasteiger partial charge in [0.2, 0.25) is 5.91 Å². The van der Waals surface area contributed by atoms with E-state index in [1.54, 1.807) is 37.3 Å². The van der Waals surface area contributed by atoms with Gasteiger partial charge in [-0.25, -0.2) is 4.79 Å². The molecule has 1 amide bonds. The minimum atomic E-state index is -0.466. The molecule has 0 saturated carbocycles. The minimum Gasteiger partial charge on any atom is -0.325 e. The number of amides is 1. The Hall–Kier alpha value is -3.07. The molecule has 0 unspecified atom stereocenters. The maximum Gasteiger partial charge on any atom is 0.323 e. The molecule has 3 rings (SSSR count). The number of fused-ring (bicyclic) bond motifs is 1. The number of nitrogens with zero attached hydrogens (tertiary/aromatic N) is 1. The number of nitrogens with one attached hydrogen (secondary N) is 3. The van der Waals surface area contributed by atoms with E-state index < -0.39 is 10.2 Å². The van der Waals surface area contributed by atoms with Crippen LogP contribution in [0.15, 0.2) is 52.2 Å². The zero-order chi connectivity index (χ0) is 18.0. The molecule has 1 heterocycles. The van der Waals surface area contributed by atoms with Gasteiger partial charge in [-0.3, -0.25) is 14.9 Å². The summed E-state index contributed by atoms with van der Waals surface area (Å²) in [6.07, 6.45) is 0. The van der Waals surface area contributed by atoms with Crippen LogP contribution < -0.4 is 11.0 Å². The number of non-ortho nitro benzene ring substituents is 1. The Balaban J connectivity index is 1.66. The quantitative estimate of drug-likeness (QED) is 0.368. The highest BCUT2D eigenvalue weighted by Crippen LogP contribution is 2.26. The van der Waals surface area contributed by atoms with Crippen LogP contribution >= 0.6 is 11.8 Å². The van der Waals surface area contributed by atoms with Crippen LogP contribution in [0.2, 0.25) is 0 Å². The van der Waals surface area contributed by atoms with Crippen LogP contribution in [0, 0.1) is 10.1 Å². The first-order valence-electron chi connectivity index (χ1n) is 7.36. The molecule has 2 aromatic carbocycles. The lowest BCUT2D eigenvalue weighted by Crippen LogP contribution is -2.22. The number of H-pyrrole nitrogens is 2. The van der Waals surface area contributed by atoms with Crippen molar-refractivity contribution in [2.24, 2.45) is 0 Å². The number of nitro benzene ring substituents is 1.